The molecule has 1 amide bonds. The highest BCUT2D eigenvalue weighted by atomic mass is 16.5. The van der Waals surface area contributed by atoms with Crippen molar-refractivity contribution in [2.45, 2.75) is 137 Å². The molecule has 0 aromatic heterocycles. The lowest BCUT2D eigenvalue weighted by atomic mass is 9.44. The van der Waals surface area contributed by atoms with E-state index in [-0.39, 0.29) is 52.8 Å². The fraction of sp³-hybridized carbons (Fsp3) is 0.909. The van der Waals surface area contributed by atoms with E-state index < -0.39 is 5.60 Å². The number of carbonyl (C=O) groups excluding carboxylic acids is 3. The fourth-order valence-electron chi connectivity index (χ4n) is 11.2. The summed E-state index contributed by atoms with van der Waals surface area (Å²) in [4.78, 5) is 38.7. The number of ether oxygens (including phenoxy) is 2. The van der Waals surface area contributed by atoms with Crippen LogP contribution in [0.2, 0.25) is 0 Å². The van der Waals surface area contributed by atoms with Gasteiger partial charge in [-0.15, -0.1) is 0 Å². The van der Waals surface area contributed by atoms with Gasteiger partial charge in [-0.3, -0.25) is 14.4 Å². The largest absolute Gasteiger partial charge is 0.463 e. The maximum Gasteiger partial charge on any atom is 0.302 e. The zero-order chi connectivity index (χ0) is 29.2. The summed E-state index contributed by atoms with van der Waals surface area (Å²) >= 11 is 0. The highest BCUT2D eigenvalue weighted by Crippen LogP contribution is 2.69. The van der Waals surface area contributed by atoms with E-state index in [0.717, 1.165) is 64.2 Å². The van der Waals surface area contributed by atoms with Crippen molar-refractivity contribution in [1.29, 1.82) is 0 Å². The molecule has 5 fully saturated rings. The van der Waals surface area contributed by atoms with Crippen LogP contribution in [-0.4, -0.2) is 58.2 Å². The average molecular weight is 560 g/mol. The van der Waals surface area contributed by atoms with Crippen LogP contribution in [0.25, 0.3) is 0 Å². The Morgan fingerprint density at radius 3 is 2.17 bits per heavy atom. The first kappa shape index (κ1) is 29.8. The fourth-order valence-corrected chi connectivity index (χ4v) is 11.2. The number of amides is 1. The normalized spacial score (nSPS) is 46.3. The van der Waals surface area contributed by atoms with Gasteiger partial charge in [-0.1, -0.05) is 20.8 Å². The molecule has 0 aromatic carbocycles. The lowest BCUT2D eigenvalue weighted by molar-refractivity contribution is -0.186. The van der Waals surface area contributed by atoms with Crippen LogP contribution in [0.4, 0.5) is 0 Å². The second-order valence-corrected chi connectivity index (χ2v) is 15.2. The van der Waals surface area contributed by atoms with Crippen molar-refractivity contribution in [3.05, 3.63) is 0 Å². The number of hydrogen-bond donors (Lipinski definition) is 1. The summed E-state index contributed by atoms with van der Waals surface area (Å²) in [6.45, 7) is 14.2. The molecule has 0 aromatic rings. The Morgan fingerprint density at radius 1 is 0.850 bits per heavy atom. The van der Waals surface area contributed by atoms with Crippen molar-refractivity contribution in [3.63, 3.8) is 0 Å². The first-order valence-corrected chi connectivity index (χ1v) is 16.0. The monoisotopic (exact) mass is 559 g/mol. The molecule has 1 saturated heterocycles. The minimum Gasteiger partial charge on any atom is -0.463 e. The van der Waals surface area contributed by atoms with Gasteiger partial charge in [0.25, 0.3) is 0 Å². The van der Waals surface area contributed by atoms with Gasteiger partial charge in [-0.25, -0.2) is 0 Å². The molecule has 7 heteroatoms. The lowest BCUT2D eigenvalue weighted by Gasteiger charge is -2.62. The van der Waals surface area contributed by atoms with Gasteiger partial charge in [0, 0.05) is 33.2 Å². The molecule has 40 heavy (non-hydrogen) atoms. The van der Waals surface area contributed by atoms with Gasteiger partial charge >= 0.3 is 11.9 Å². The Labute approximate surface area is 241 Å². The number of aliphatic hydroxyl groups is 1. The SMILES string of the molecule is CC(=O)O[C@H]1CC[C@@]2(C)[C@@H](CC[C@@H]3[C@@H]2CC[C@]2(C)[C@@H]([C@@](C)(O)[C@H]4CC[C@@H](C)CN4C(C)=O)[C@@H](OC(C)=O)C[C@@H]32)C1. The highest BCUT2D eigenvalue weighted by Gasteiger charge is 2.67. The van der Waals surface area contributed by atoms with Crippen molar-refractivity contribution in [2.75, 3.05) is 6.54 Å². The summed E-state index contributed by atoms with van der Waals surface area (Å²) in [6.07, 6.45) is 9.61. The third-order valence-corrected chi connectivity index (χ3v) is 12.8. The zero-order valence-electron chi connectivity index (χ0n) is 25.9. The molecule has 1 aliphatic heterocycles. The van der Waals surface area contributed by atoms with E-state index in [9.17, 15) is 19.5 Å². The van der Waals surface area contributed by atoms with Gasteiger partial charge in [0.2, 0.25) is 5.91 Å². The predicted octanol–water partition coefficient (Wildman–Crippen LogP) is 5.52. The molecule has 5 rings (SSSR count). The van der Waals surface area contributed by atoms with Crippen LogP contribution in [0.1, 0.15) is 113 Å². The van der Waals surface area contributed by atoms with Crippen LogP contribution in [-0.2, 0) is 23.9 Å². The second-order valence-electron chi connectivity index (χ2n) is 15.2. The van der Waals surface area contributed by atoms with Crippen molar-refractivity contribution in [2.24, 2.45) is 46.3 Å². The molecule has 12 atom stereocenters. The van der Waals surface area contributed by atoms with Gasteiger partial charge < -0.3 is 19.5 Å². The molecule has 7 nitrogen and oxygen atoms in total. The van der Waals surface area contributed by atoms with Crippen LogP contribution in [0, 0.1) is 46.3 Å². The number of esters is 2. The number of nitrogens with zero attached hydrogens (tertiary/aromatic N) is 1. The third-order valence-electron chi connectivity index (χ3n) is 12.8. The van der Waals surface area contributed by atoms with Gasteiger partial charge in [0.1, 0.15) is 12.2 Å². The molecule has 0 unspecified atom stereocenters. The molecule has 0 spiro atoms. The molecular weight excluding hydrogens is 506 g/mol. The quantitative estimate of drug-likeness (QED) is 0.456. The summed E-state index contributed by atoms with van der Waals surface area (Å²) < 4.78 is 11.7. The molecule has 226 valence electrons. The summed E-state index contributed by atoms with van der Waals surface area (Å²) in [5.41, 5.74) is -1.11. The van der Waals surface area contributed by atoms with Crippen molar-refractivity contribution in [1.82, 2.24) is 4.90 Å². The molecule has 1 N–H and O–H groups in total. The van der Waals surface area contributed by atoms with Crippen LogP contribution < -0.4 is 0 Å². The Kier molecular flexibility index (Phi) is 7.89. The topological polar surface area (TPSA) is 93.1 Å². The maximum absolute atomic E-state index is 12.8. The molecule has 4 saturated carbocycles. The van der Waals surface area contributed by atoms with Gasteiger partial charge in [-0.2, -0.15) is 0 Å². The Balaban J connectivity index is 1.44. The van der Waals surface area contributed by atoms with E-state index in [0.29, 0.717) is 36.1 Å². The molecule has 5 aliphatic rings. The number of hydrogen-bond acceptors (Lipinski definition) is 6. The third kappa shape index (κ3) is 4.90. The number of rotatable bonds is 4. The van der Waals surface area contributed by atoms with Crippen molar-refractivity contribution >= 4 is 17.8 Å². The minimum absolute atomic E-state index is 0.0138. The minimum atomic E-state index is -1.16. The van der Waals surface area contributed by atoms with Crippen molar-refractivity contribution < 1.29 is 29.0 Å². The molecule has 1 heterocycles. The van der Waals surface area contributed by atoms with Crippen LogP contribution >= 0.6 is 0 Å². The van der Waals surface area contributed by atoms with E-state index >= 15 is 0 Å². The second kappa shape index (κ2) is 10.6. The number of piperidine rings is 1. The lowest BCUT2D eigenvalue weighted by Crippen LogP contribution is -2.64. The maximum atomic E-state index is 12.8. The predicted molar refractivity (Wildman–Crippen MR) is 152 cm³/mol. The van der Waals surface area contributed by atoms with Crippen LogP contribution in [0.5, 0.6) is 0 Å². The molecule has 4 aliphatic carbocycles. The van der Waals surface area contributed by atoms with E-state index in [4.69, 9.17) is 9.47 Å². The number of likely N-dealkylation sites (tertiary alicyclic amines) is 1. The molecule has 0 radical (unpaired) electrons. The van der Waals surface area contributed by atoms with E-state index in [1.54, 1.807) is 6.92 Å². The van der Waals surface area contributed by atoms with Crippen LogP contribution in [0.3, 0.4) is 0 Å². The highest BCUT2D eigenvalue weighted by molar-refractivity contribution is 5.74. The van der Waals surface area contributed by atoms with Gasteiger partial charge in [0.15, 0.2) is 0 Å². The van der Waals surface area contributed by atoms with Crippen LogP contribution in [0.15, 0.2) is 0 Å². The Morgan fingerprint density at radius 2 is 1.52 bits per heavy atom. The Bertz CT molecular complexity index is 1010. The molecular formula is C33H53NO6. The smallest absolute Gasteiger partial charge is 0.302 e. The molecule has 0 bridgehead atoms. The Hall–Kier alpha value is -1.63. The van der Waals surface area contributed by atoms with E-state index in [2.05, 4.69) is 20.8 Å². The first-order valence-electron chi connectivity index (χ1n) is 16.0. The number of fused-ring (bicyclic) bond motifs is 5. The van der Waals surface area contributed by atoms with Crippen molar-refractivity contribution in [3.8, 4) is 0 Å². The number of carbonyl (C=O) groups is 3. The average Bonchev–Trinajstić information content (AvgIpc) is 3.15. The summed E-state index contributed by atoms with van der Waals surface area (Å²) in [5, 5.41) is 12.5. The summed E-state index contributed by atoms with van der Waals surface area (Å²) in [6, 6.07) is -0.276. The van der Waals surface area contributed by atoms with E-state index in [1.807, 2.05) is 11.8 Å². The van der Waals surface area contributed by atoms with Gasteiger partial charge in [-0.05, 0) is 112 Å². The summed E-state index contributed by atoms with van der Waals surface area (Å²) in [7, 11) is 0. The standard InChI is InChI=1S/C33H53NO6/c1-19-8-11-29(34(18-19)20(2)35)33(7,38)30-28(40-22(4)37)17-27-25-10-9-23-16-24(39-21(3)36)12-14-31(23,5)26(25)13-15-32(27,30)6/h19,23-30,38H,8-18H2,1-7H3/t19-,23+,24+,25-,26+,27+,28+,29-,30+,31+,32+,33+/m1/s1. The zero-order valence-corrected chi connectivity index (χ0v) is 25.9. The summed E-state index contributed by atoms with van der Waals surface area (Å²) in [5.74, 6) is 1.79. The first-order chi connectivity index (χ1) is 18.7. The van der Waals surface area contributed by atoms with E-state index in [1.165, 1.54) is 13.8 Å². The van der Waals surface area contributed by atoms with Gasteiger partial charge in [0.05, 0.1) is 11.6 Å².